The van der Waals surface area contributed by atoms with E-state index in [4.69, 9.17) is 0 Å². The Hall–Kier alpha value is -2.52. The maximum absolute atomic E-state index is 9.58. The number of benzene rings is 2. The number of hydrogen-bond acceptors (Lipinski definition) is 2. The number of para-hydroxylation sites is 1. The predicted octanol–water partition coefficient (Wildman–Crippen LogP) is 6.84. The van der Waals surface area contributed by atoms with Crippen LogP contribution in [0, 0.1) is 0 Å². The fraction of sp³-hybridized carbons (Fsp3) is 0.360. The van der Waals surface area contributed by atoms with Crippen molar-refractivity contribution in [1.82, 2.24) is 0 Å². The van der Waals surface area contributed by atoms with E-state index in [9.17, 15) is 5.11 Å². The standard InChI is InChI=1S/C15H24O.C6H6.C4H6O.H2O/c1-2-3-4-5-6-7-8-11-14-12-9-10-13-15(14)16;1-2-4-6-5-3-1;1-3-5-4-2;/h9-10,12-13,16H,2-8,11H2,1H3;1-6H;3-4H,1-2H2;1H2. The van der Waals surface area contributed by atoms with Gasteiger partial charge in [-0.15, -0.1) is 0 Å². The molecule has 156 valence electrons. The van der Waals surface area contributed by atoms with Gasteiger partial charge in [0.15, 0.2) is 0 Å². The first-order valence-electron chi connectivity index (χ1n) is 9.90. The summed E-state index contributed by atoms with van der Waals surface area (Å²) < 4.78 is 4.36. The van der Waals surface area contributed by atoms with Gasteiger partial charge in [-0.1, -0.05) is 113 Å². The lowest BCUT2D eigenvalue weighted by Gasteiger charge is -2.04. The van der Waals surface area contributed by atoms with E-state index in [1.165, 1.54) is 57.5 Å². The van der Waals surface area contributed by atoms with Gasteiger partial charge >= 0.3 is 0 Å². The van der Waals surface area contributed by atoms with Crippen LogP contribution in [-0.2, 0) is 11.2 Å². The molecule has 0 heterocycles. The van der Waals surface area contributed by atoms with Crippen molar-refractivity contribution in [2.24, 2.45) is 0 Å². The van der Waals surface area contributed by atoms with Crippen molar-refractivity contribution in [3.8, 4) is 5.75 Å². The molecule has 3 N–H and O–H groups in total. The number of phenols is 1. The number of unbranched alkanes of at least 4 members (excludes halogenated alkanes) is 6. The highest BCUT2D eigenvalue weighted by Crippen LogP contribution is 2.18. The molecule has 0 radical (unpaired) electrons. The number of phenolic OH excluding ortho intramolecular Hbond substituents is 1. The van der Waals surface area contributed by atoms with Gasteiger partial charge in [0, 0.05) is 0 Å². The number of hydrogen-bond donors (Lipinski definition) is 1. The maximum Gasteiger partial charge on any atom is 0.118 e. The zero-order valence-corrected chi connectivity index (χ0v) is 17.4. The summed E-state index contributed by atoms with van der Waals surface area (Å²) in [5, 5.41) is 9.58. The molecule has 0 spiro atoms. The summed E-state index contributed by atoms with van der Waals surface area (Å²) in [6.45, 7) is 8.76. The van der Waals surface area contributed by atoms with E-state index in [0.29, 0.717) is 5.75 Å². The smallest absolute Gasteiger partial charge is 0.118 e. The van der Waals surface area contributed by atoms with Gasteiger partial charge in [-0.2, -0.15) is 0 Å². The summed E-state index contributed by atoms with van der Waals surface area (Å²) in [4.78, 5) is 0. The molecule has 0 unspecified atom stereocenters. The average molecular weight is 387 g/mol. The zero-order valence-electron chi connectivity index (χ0n) is 17.4. The van der Waals surface area contributed by atoms with Crippen LogP contribution in [0.1, 0.15) is 57.4 Å². The topological polar surface area (TPSA) is 61.0 Å². The Labute approximate surface area is 171 Å². The highest BCUT2D eigenvalue weighted by Gasteiger charge is 1.98. The quantitative estimate of drug-likeness (QED) is 0.359. The second-order valence-electron chi connectivity index (χ2n) is 6.12. The Morgan fingerprint density at radius 2 is 1.21 bits per heavy atom. The Kier molecular flexibility index (Phi) is 22.3. The van der Waals surface area contributed by atoms with E-state index in [-0.39, 0.29) is 5.48 Å². The fourth-order valence-electron chi connectivity index (χ4n) is 2.45. The van der Waals surface area contributed by atoms with Gasteiger partial charge in [-0.3, -0.25) is 0 Å². The molecule has 3 nitrogen and oxygen atoms in total. The van der Waals surface area contributed by atoms with Crippen molar-refractivity contribution in [2.75, 3.05) is 0 Å². The van der Waals surface area contributed by atoms with Crippen LogP contribution in [-0.4, -0.2) is 10.6 Å². The lowest BCUT2D eigenvalue weighted by atomic mass is 10.0. The molecule has 0 atom stereocenters. The summed E-state index contributed by atoms with van der Waals surface area (Å²) in [5.74, 6) is 0.452. The largest absolute Gasteiger partial charge is 0.508 e. The molecule has 28 heavy (non-hydrogen) atoms. The molecule has 0 fully saturated rings. The van der Waals surface area contributed by atoms with Gasteiger partial charge in [0.05, 0.1) is 12.5 Å². The van der Waals surface area contributed by atoms with Crippen molar-refractivity contribution in [3.05, 3.63) is 91.9 Å². The number of rotatable bonds is 10. The normalized spacial score (nSPS) is 8.75. The Morgan fingerprint density at radius 1 is 0.750 bits per heavy atom. The minimum Gasteiger partial charge on any atom is -0.508 e. The SMILES string of the molecule is C=COC=C.CCCCCCCCCc1ccccc1O.O.c1ccccc1. The summed E-state index contributed by atoms with van der Waals surface area (Å²) >= 11 is 0. The first-order chi connectivity index (χ1) is 13.3. The lowest BCUT2D eigenvalue weighted by molar-refractivity contribution is 0.406. The summed E-state index contributed by atoms with van der Waals surface area (Å²) in [5.41, 5.74) is 1.09. The molecular weight excluding hydrogens is 348 g/mol. The average Bonchev–Trinajstić information content (AvgIpc) is 2.71. The summed E-state index contributed by atoms with van der Waals surface area (Å²) in [7, 11) is 0. The molecule has 0 aromatic heterocycles. The molecular formula is C25H38O3. The van der Waals surface area contributed by atoms with Gasteiger partial charge in [-0.25, -0.2) is 0 Å². The third-order valence-corrected chi connectivity index (χ3v) is 3.90. The lowest BCUT2D eigenvalue weighted by Crippen LogP contribution is -1.87. The van der Waals surface area contributed by atoms with Crippen molar-refractivity contribution in [3.63, 3.8) is 0 Å². The van der Waals surface area contributed by atoms with Gasteiger partial charge < -0.3 is 15.3 Å². The van der Waals surface area contributed by atoms with Crippen molar-refractivity contribution >= 4 is 0 Å². The van der Waals surface area contributed by atoms with Crippen LogP contribution < -0.4 is 0 Å². The molecule has 0 saturated carbocycles. The third kappa shape index (κ3) is 18.3. The molecule has 0 bridgehead atoms. The molecule has 0 aliphatic carbocycles. The van der Waals surface area contributed by atoms with Crippen molar-refractivity contribution in [1.29, 1.82) is 0 Å². The minimum absolute atomic E-state index is 0. The second kappa shape index (κ2) is 22.5. The summed E-state index contributed by atoms with van der Waals surface area (Å²) in [6.07, 6.45) is 12.9. The van der Waals surface area contributed by atoms with Crippen LogP contribution >= 0.6 is 0 Å². The molecule has 0 aliphatic rings. The van der Waals surface area contributed by atoms with E-state index in [1.54, 1.807) is 6.07 Å². The first-order valence-corrected chi connectivity index (χ1v) is 9.90. The zero-order chi connectivity index (χ0) is 20.0. The van der Waals surface area contributed by atoms with Crippen LogP contribution in [0.3, 0.4) is 0 Å². The summed E-state index contributed by atoms with van der Waals surface area (Å²) in [6, 6.07) is 19.7. The highest BCUT2D eigenvalue weighted by molar-refractivity contribution is 5.31. The van der Waals surface area contributed by atoms with Gasteiger partial charge in [0.25, 0.3) is 0 Å². The predicted molar refractivity (Wildman–Crippen MR) is 121 cm³/mol. The third-order valence-electron chi connectivity index (χ3n) is 3.90. The second-order valence-corrected chi connectivity index (χ2v) is 6.12. The monoisotopic (exact) mass is 386 g/mol. The molecule has 2 rings (SSSR count). The van der Waals surface area contributed by atoms with Gasteiger partial charge in [0.1, 0.15) is 5.75 Å². The minimum atomic E-state index is 0. The fourth-order valence-corrected chi connectivity index (χ4v) is 2.45. The van der Waals surface area contributed by atoms with E-state index in [2.05, 4.69) is 24.8 Å². The number of aromatic hydroxyl groups is 1. The van der Waals surface area contributed by atoms with Gasteiger partial charge in [-0.05, 0) is 24.5 Å². The Balaban J connectivity index is 0. The van der Waals surface area contributed by atoms with Crippen LogP contribution in [0.4, 0.5) is 0 Å². The molecule has 3 heteroatoms. The first kappa shape index (κ1) is 27.7. The van der Waals surface area contributed by atoms with Crippen LogP contribution in [0.15, 0.2) is 86.3 Å². The molecule has 2 aromatic carbocycles. The van der Waals surface area contributed by atoms with Crippen molar-refractivity contribution in [2.45, 2.75) is 58.3 Å². The van der Waals surface area contributed by atoms with Crippen LogP contribution in [0.2, 0.25) is 0 Å². The van der Waals surface area contributed by atoms with Crippen molar-refractivity contribution < 1.29 is 15.3 Å². The van der Waals surface area contributed by atoms with E-state index < -0.39 is 0 Å². The molecule has 0 amide bonds. The van der Waals surface area contributed by atoms with E-state index >= 15 is 0 Å². The van der Waals surface area contributed by atoms with Crippen LogP contribution in [0.5, 0.6) is 5.75 Å². The Morgan fingerprint density at radius 3 is 1.64 bits per heavy atom. The highest BCUT2D eigenvalue weighted by atomic mass is 16.5. The number of ether oxygens (including phenoxy) is 1. The molecule has 0 saturated heterocycles. The van der Waals surface area contributed by atoms with Gasteiger partial charge in [0.2, 0.25) is 0 Å². The number of aryl methyl sites for hydroxylation is 1. The molecule has 2 aromatic rings. The molecule has 0 aliphatic heterocycles. The van der Waals surface area contributed by atoms with E-state index in [0.717, 1.165) is 12.0 Å². The van der Waals surface area contributed by atoms with Crippen LogP contribution in [0.25, 0.3) is 0 Å². The maximum atomic E-state index is 9.58. The van der Waals surface area contributed by atoms with E-state index in [1.807, 2.05) is 54.6 Å². The Bertz CT molecular complexity index is 534.